The number of benzene rings is 3. The lowest BCUT2D eigenvalue weighted by Crippen LogP contribution is -2.38. The second kappa shape index (κ2) is 10.8. The van der Waals surface area contributed by atoms with Crippen molar-refractivity contribution in [3.8, 4) is 45.6 Å². The number of rotatable bonds is 6. The van der Waals surface area contributed by atoms with E-state index in [1.54, 1.807) is 39.5 Å². The van der Waals surface area contributed by atoms with Crippen LogP contribution in [0.3, 0.4) is 0 Å². The van der Waals surface area contributed by atoms with Gasteiger partial charge in [0.25, 0.3) is 0 Å². The van der Waals surface area contributed by atoms with Crippen LogP contribution in [0.1, 0.15) is 46.5 Å². The van der Waals surface area contributed by atoms with E-state index in [4.69, 9.17) is 14.2 Å². The fraction of sp³-hybridized carbons (Fsp3) is 0.229. The molecule has 0 amide bonds. The smallest absolute Gasteiger partial charge is 0.212 e. The first kappa shape index (κ1) is 27.3. The van der Waals surface area contributed by atoms with E-state index in [-0.39, 0.29) is 17.2 Å². The van der Waals surface area contributed by atoms with E-state index >= 15 is 0 Å². The molecule has 2 aliphatic carbocycles. The Bertz CT molecular complexity index is 1680. The van der Waals surface area contributed by atoms with Crippen molar-refractivity contribution in [3.63, 3.8) is 0 Å². The summed E-state index contributed by atoms with van der Waals surface area (Å²) in [6.45, 7) is 0. The molecule has 7 heteroatoms. The Morgan fingerprint density at radius 3 is 1.48 bits per heavy atom. The number of aromatic hydroxyl groups is 3. The Balaban J connectivity index is 1.58. The van der Waals surface area contributed by atoms with Crippen molar-refractivity contribution in [2.24, 2.45) is 7.05 Å². The van der Waals surface area contributed by atoms with Crippen LogP contribution >= 0.6 is 0 Å². The molecule has 1 heterocycles. The molecule has 6 rings (SSSR count). The minimum atomic E-state index is 0.110. The maximum Gasteiger partial charge on any atom is 0.212 e. The number of phenolic OH excluding ortho intramolecular Hbond substituents is 3. The van der Waals surface area contributed by atoms with Crippen molar-refractivity contribution < 1.29 is 34.1 Å². The van der Waals surface area contributed by atoms with E-state index < -0.39 is 0 Å². The summed E-state index contributed by atoms with van der Waals surface area (Å²) >= 11 is 0. The van der Waals surface area contributed by atoms with E-state index in [1.807, 2.05) is 36.4 Å². The summed E-state index contributed by atoms with van der Waals surface area (Å²) in [5.41, 5.74) is 11.4. The molecule has 0 aliphatic heterocycles. The molecule has 2 aliphatic rings. The molecule has 0 fully saturated rings. The quantitative estimate of drug-likeness (QED) is 0.238. The van der Waals surface area contributed by atoms with Crippen molar-refractivity contribution >= 4 is 23.3 Å². The number of hydrogen-bond acceptors (Lipinski definition) is 6. The zero-order valence-corrected chi connectivity index (χ0v) is 24.2. The molecule has 1 aromatic heterocycles. The fourth-order valence-corrected chi connectivity index (χ4v) is 6.43. The highest BCUT2D eigenvalue weighted by Crippen LogP contribution is 2.47. The lowest BCUT2D eigenvalue weighted by atomic mass is 9.92. The number of hydrogen-bond donors (Lipinski definition) is 3. The summed E-state index contributed by atoms with van der Waals surface area (Å²) in [7, 11) is 6.80. The zero-order valence-electron chi connectivity index (χ0n) is 24.2. The number of nitrogens with zero attached hydrogens (tertiary/aromatic N) is 1. The van der Waals surface area contributed by atoms with Crippen LogP contribution < -0.4 is 18.8 Å². The van der Waals surface area contributed by atoms with Gasteiger partial charge in [-0.15, -0.1) is 0 Å². The van der Waals surface area contributed by atoms with E-state index in [1.165, 1.54) is 39.2 Å². The largest absolute Gasteiger partial charge is 0.504 e. The van der Waals surface area contributed by atoms with Gasteiger partial charge in [0.15, 0.2) is 34.5 Å². The number of aromatic nitrogens is 1. The predicted molar refractivity (Wildman–Crippen MR) is 163 cm³/mol. The van der Waals surface area contributed by atoms with Crippen LogP contribution in [0.2, 0.25) is 0 Å². The summed E-state index contributed by atoms with van der Waals surface area (Å²) in [5.74, 6) is 1.65. The molecule has 0 saturated carbocycles. The van der Waals surface area contributed by atoms with Crippen molar-refractivity contribution in [2.75, 3.05) is 21.3 Å². The highest BCUT2D eigenvalue weighted by Gasteiger charge is 2.38. The van der Waals surface area contributed by atoms with Crippen molar-refractivity contribution in [3.05, 3.63) is 88.2 Å². The lowest BCUT2D eigenvalue weighted by Gasteiger charge is -2.15. The average molecular weight is 565 g/mol. The van der Waals surface area contributed by atoms with Gasteiger partial charge in [-0.1, -0.05) is 18.2 Å². The van der Waals surface area contributed by atoms with Gasteiger partial charge in [0, 0.05) is 27.8 Å². The molecule has 214 valence electrons. The van der Waals surface area contributed by atoms with Crippen LogP contribution in [0.5, 0.6) is 34.5 Å². The number of methoxy groups -OCH3 is 3. The third-order valence-corrected chi connectivity index (χ3v) is 8.30. The molecule has 0 unspecified atom stereocenters. The number of ether oxygens (including phenoxy) is 3. The third kappa shape index (κ3) is 4.61. The van der Waals surface area contributed by atoms with E-state index in [2.05, 4.69) is 23.8 Å². The first-order valence-electron chi connectivity index (χ1n) is 13.9. The molecule has 0 saturated heterocycles. The first-order valence-corrected chi connectivity index (χ1v) is 13.9. The average Bonchev–Trinajstić information content (AvgIpc) is 3.60. The van der Waals surface area contributed by atoms with Gasteiger partial charge < -0.3 is 29.5 Å². The van der Waals surface area contributed by atoms with Gasteiger partial charge in [-0.05, 0) is 90.9 Å². The summed E-state index contributed by atoms with van der Waals surface area (Å²) in [6, 6.07) is 16.4. The molecule has 7 nitrogen and oxygen atoms in total. The van der Waals surface area contributed by atoms with E-state index in [0.29, 0.717) is 17.2 Å². The van der Waals surface area contributed by atoms with Crippen LogP contribution in [0, 0.1) is 0 Å². The topological polar surface area (TPSA) is 92.3 Å². The van der Waals surface area contributed by atoms with Gasteiger partial charge in [-0.2, -0.15) is 4.57 Å². The molecule has 4 aromatic rings. The van der Waals surface area contributed by atoms with Crippen molar-refractivity contribution in [2.45, 2.75) is 25.7 Å². The van der Waals surface area contributed by atoms with Crippen LogP contribution in [0.25, 0.3) is 34.4 Å². The van der Waals surface area contributed by atoms with Crippen LogP contribution in [-0.4, -0.2) is 36.6 Å². The molecule has 3 N–H and O–H groups in total. The second-order valence-corrected chi connectivity index (χ2v) is 10.7. The Labute approximate surface area is 245 Å². The van der Waals surface area contributed by atoms with Crippen LogP contribution in [0.15, 0.2) is 54.6 Å². The number of phenols is 3. The van der Waals surface area contributed by atoms with Gasteiger partial charge in [0.05, 0.1) is 21.3 Å². The molecule has 42 heavy (non-hydrogen) atoms. The predicted octanol–water partition coefficient (Wildman–Crippen LogP) is 6.29. The Kier molecular flexibility index (Phi) is 7.02. The molecular formula is C35H34NO6+. The van der Waals surface area contributed by atoms with Gasteiger partial charge >= 0.3 is 0 Å². The normalized spacial score (nSPS) is 15.6. The number of fused-ring (bicyclic) bond motifs is 2. The third-order valence-electron chi connectivity index (χ3n) is 8.30. The number of pyridine rings is 1. The molecular weight excluding hydrogens is 530 g/mol. The van der Waals surface area contributed by atoms with Gasteiger partial charge in [0.1, 0.15) is 7.05 Å². The summed E-state index contributed by atoms with van der Waals surface area (Å²) in [4.78, 5) is 0. The first-order chi connectivity index (χ1) is 20.3. The maximum absolute atomic E-state index is 10.3. The second-order valence-electron chi connectivity index (χ2n) is 10.7. The van der Waals surface area contributed by atoms with Crippen LogP contribution in [-0.2, 0) is 19.9 Å². The number of allylic oxidation sites excluding steroid dienone is 2. The van der Waals surface area contributed by atoms with Gasteiger partial charge in [-0.25, -0.2) is 0 Å². The summed E-state index contributed by atoms with van der Waals surface area (Å²) in [6.07, 6.45) is 7.83. The van der Waals surface area contributed by atoms with E-state index in [0.717, 1.165) is 42.4 Å². The summed E-state index contributed by atoms with van der Waals surface area (Å²) < 4.78 is 18.5. The highest BCUT2D eigenvalue weighted by molar-refractivity contribution is 5.92. The van der Waals surface area contributed by atoms with Crippen molar-refractivity contribution in [1.82, 2.24) is 0 Å². The summed E-state index contributed by atoms with van der Waals surface area (Å²) in [5, 5.41) is 30.6. The zero-order chi connectivity index (χ0) is 29.5. The molecule has 0 bridgehead atoms. The molecule has 0 spiro atoms. The Hall–Kier alpha value is -4.91. The van der Waals surface area contributed by atoms with E-state index in [9.17, 15) is 15.3 Å². The molecule has 0 radical (unpaired) electrons. The van der Waals surface area contributed by atoms with Gasteiger partial charge in [-0.3, -0.25) is 0 Å². The Morgan fingerprint density at radius 1 is 0.595 bits per heavy atom. The molecule has 3 aromatic carbocycles. The Morgan fingerprint density at radius 2 is 1.02 bits per heavy atom. The maximum atomic E-state index is 10.3. The monoisotopic (exact) mass is 564 g/mol. The molecule has 0 atom stereocenters. The van der Waals surface area contributed by atoms with Gasteiger partial charge in [0.2, 0.25) is 11.4 Å². The lowest BCUT2D eigenvalue weighted by molar-refractivity contribution is -0.676. The standard InChI is InChI=1S/C35H33NO6/c1-36-34-23(15-20-5-12-27(37)30(17-20)40-2)7-10-25(34)33(22-9-14-29(39)32(19-22)42-4)26-11-8-24(35(26)36)16-21-6-13-28(38)31(18-21)41-3/h5-6,9,12-19H,7-8,10-11H2,1-4H3,(H2,37,38,39)/p+1. The van der Waals surface area contributed by atoms with Crippen molar-refractivity contribution in [1.29, 1.82) is 0 Å². The minimum Gasteiger partial charge on any atom is -0.504 e. The minimum absolute atomic E-state index is 0.110. The van der Waals surface area contributed by atoms with Crippen LogP contribution in [0.4, 0.5) is 0 Å². The highest BCUT2D eigenvalue weighted by atomic mass is 16.5. The SMILES string of the molecule is COc1cc(/C=C2\CCc3c(-c4ccc(O)c(OC)c4)c4c([n+](C)c32)/C(=C/c2ccc(O)c(OC)c2)CC4)ccc1O. The fourth-order valence-electron chi connectivity index (χ4n) is 6.43.